The van der Waals surface area contributed by atoms with E-state index in [1.165, 1.54) is 25.2 Å². The van der Waals surface area contributed by atoms with Crippen LogP contribution in [0.15, 0.2) is 24.3 Å². The average Bonchev–Trinajstić information content (AvgIpc) is 2.37. The molecule has 0 saturated heterocycles. The molecule has 0 spiro atoms. The smallest absolute Gasteiger partial charge is 0.416 e. The van der Waals surface area contributed by atoms with Crippen molar-refractivity contribution < 1.29 is 27.9 Å². The zero-order valence-electron chi connectivity index (χ0n) is 11.3. The number of carbonyl (C=O) groups excluding carboxylic acids is 1. The summed E-state index contributed by atoms with van der Waals surface area (Å²) >= 11 is 0. The van der Waals surface area contributed by atoms with Crippen LogP contribution in [0.3, 0.4) is 0 Å². The lowest BCUT2D eigenvalue weighted by atomic mass is 10.1. The van der Waals surface area contributed by atoms with Gasteiger partial charge in [-0.15, -0.1) is 0 Å². The Bertz CT molecular complexity index is 518. The van der Waals surface area contributed by atoms with Crippen molar-refractivity contribution >= 4 is 12.0 Å². The third-order valence-corrected chi connectivity index (χ3v) is 2.69. The van der Waals surface area contributed by atoms with E-state index in [9.17, 15) is 22.8 Å². The molecule has 2 amide bonds. The van der Waals surface area contributed by atoms with E-state index >= 15 is 0 Å². The van der Waals surface area contributed by atoms with Crippen LogP contribution in [0, 0.1) is 0 Å². The molecule has 0 saturated carbocycles. The fraction of sp³-hybridized carbons (Fsp3) is 0.385. The molecule has 1 aromatic rings. The number of alkyl halides is 3. The summed E-state index contributed by atoms with van der Waals surface area (Å²) in [6.45, 7) is -0.311. The van der Waals surface area contributed by atoms with Crippen molar-refractivity contribution in [2.45, 2.75) is 19.1 Å². The van der Waals surface area contributed by atoms with Crippen LogP contribution in [0.1, 0.15) is 17.5 Å². The molecule has 0 fully saturated rings. The van der Waals surface area contributed by atoms with E-state index < -0.39 is 23.7 Å². The summed E-state index contributed by atoms with van der Waals surface area (Å²) < 4.78 is 38.4. The number of aliphatic carboxylic acids is 1. The van der Waals surface area contributed by atoms with Gasteiger partial charge in [0, 0.05) is 20.1 Å². The molecule has 0 aliphatic rings. The second-order valence-electron chi connectivity index (χ2n) is 4.39. The number of hydrogen-bond acceptors (Lipinski definition) is 2. The highest BCUT2D eigenvalue weighted by Gasteiger charge is 2.33. The Kier molecular flexibility index (Phi) is 5.57. The zero-order valence-corrected chi connectivity index (χ0v) is 11.3. The molecule has 0 aliphatic heterocycles. The summed E-state index contributed by atoms with van der Waals surface area (Å²) in [5.41, 5.74) is -0.823. The highest BCUT2D eigenvalue weighted by atomic mass is 19.4. The Morgan fingerprint density at radius 3 is 2.48 bits per heavy atom. The maximum atomic E-state index is 12.8. The standard InChI is InChI=1S/C13H15F3N2O3/c1-18(12(21)17-7-6-11(19)20)8-9-4-2-3-5-10(9)13(14,15)16/h2-5H,6-8H2,1H3,(H,17,21)(H,19,20). The molecular weight excluding hydrogens is 289 g/mol. The van der Waals surface area contributed by atoms with Gasteiger partial charge in [0.2, 0.25) is 0 Å². The summed E-state index contributed by atoms with van der Waals surface area (Å²) in [6, 6.07) is 4.35. The molecule has 0 radical (unpaired) electrons. The molecule has 0 aliphatic carbocycles. The molecule has 0 heterocycles. The van der Waals surface area contributed by atoms with E-state index in [4.69, 9.17) is 5.11 Å². The maximum Gasteiger partial charge on any atom is 0.416 e. The van der Waals surface area contributed by atoms with Crippen LogP contribution in [-0.2, 0) is 17.5 Å². The summed E-state index contributed by atoms with van der Waals surface area (Å²) in [5, 5.41) is 10.8. The monoisotopic (exact) mass is 304 g/mol. The largest absolute Gasteiger partial charge is 0.481 e. The zero-order chi connectivity index (χ0) is 16.0. The molecule has 8 heteroatoms. The van der Waals surface area contributed by atoms with Crippen LogP contribution in [0.4, 0.5) is 18.0 Å². The molecular formula is C13H15F3N2O3. The highest BCUT2D eigenvalue weighted by Crippen LogP contribution is 2.32. The van der Waals surface area contributed by atoms with Gasteiger partial charge in [0.15, 0.2) is 0 Å². The molecule has 0 bridgehead atoms. The first-order valence-corrected chi connectivity index (χ1v) is 6.07. The quantitative estimate of drug-likeness (QED) is 0.877. The summed E-state index contributed by atoms with van der Waals surface area (Å²) in [5.74, 6) is -1.07. The van der Waals surface area contributed by atoms with Crippen molar-refractivity contribution in [1.82, 2.24) is 10.2 Å². The molecule has 1 rings (SSSR count). The normalized spacial score (nSPS) is 11.0. The van der Waals surface area contributed by atoms with Crippen LogP contribution < -0.4 is 5.32 Å². The maximum absolute atomic E-state index is 12.8. The Balaban J connectivity index is 2.68. The highest BCUT2D eigenvalue weighted by molar-refractivity contribution is 5.75. The minimum Gasteiger partial charge on any atom is -0.481 e. The van der Waals surface area contributed by atoms with Gasteiger partial charge in [-0.1, -0.05) is 18.2 Å². The van der Waals surface area contributed by atoms with E-state index in [0.29, 0.717) is 0 Å². The van der Waals surface area contributed by atoms with Crippen LogP contribution >= 0.6 is 0 Å². The van der Waals surface area contributed by atoms with Gasteiger partial charge in [-0.2, -0.15) is 13.2 Å². The predicted molar refractivity (Wildman–Crippen MR) is 68.6 cm³/mol. The van der Waals surface area contributed by atoms with E-state index in [-0.39, 0.29) is 25.1 Å². The lowest BCUT2D eigenvalue weighted by Gasteiger charge is -2.20. The van der Waals surface area contributed by atoms with E-state index in [1.54, 1.807) is 0 Å². The van der Waals surface area contributed by atoms with Gasteiger partial charge in [-0.05, 0) is 11.6 Å². The van der Waals surface area contributed by atoms with Crippen molar-refractivity contribution in [3.63, 3.8) is 0 Å². The number of urea groups is 1. The van der Waals surface area contributed by atoms with Crippen molar-refractivity contribution in [2.75, 3.05) is 13.6 Å². The minimum atomic E-state index is -4.49. The lowest BCUT2D eigenvalue weighted by molar-refractivity contribution is -0.138. The van der Waals surface area contributed by atoms with Gasteiger partial charge in [0.25, 0.3) is 0 Å². The number of hydrogen-bond donors (Lipinski definition) is 2. The molecule has 0 atom stereocenters. The number of rotatable bonds is 5. The topological polar surface area (TPSA) is 69.6 Å². The number of nitrogens with one attached hydrogen (secondary N) is 1. The number of carboxylic acid groups (broad SMARTS) is 1. The van der Waals surface area contributed by atoms with E-state index in [1.807, 2.05) is 0 Å². The number of benzene rings is 1. The second kappa shape index (κ2) is 6.96. The molecule has 2 N–H and O–H groups in total. The fourth-order valence-electron chi connectivity index (χ4n) is 1.67. The van der Waals surface area contributed by atoms with Gasteiger partial charge in [0.1, 0.15) is 0 Å². The molecule has 116 valence electrons. The van der Waals surface area contributed by atoms with Crippen molar-refractivity contribution in [3.8, 4) is 0 Å². The molecule has 1 aromatic carbocycles. The Morgan fingerprint density at radius 2 is 1.90 bits per heavy atom. The van der Waals surface area contributed by atoms with Crippen LogP contribution in [0.2, 0.25) is 0 Å². The fourth-order valence-corrected chi connectivity index (χ4v) is 1.67. The summed E-state index contributed by atoms with van der Waals surface area (Å²) in [7, 11) is 1.34. The van der Waals surface area contributed by atoms with Gasteiger partial charge in [-0.25, -0.2) is 4.79 Å². The van der Waals surface area contributed by atoms with E-state index in [0.717, 1.165) is 11.0 Å². The summed E-state index contributed by atoms with van der Waals surface area (Å²) in [4.78, 5) is 23.0. The number of carboxylic acids is 1. The third kappa shape index (κ3) is 5.33. The van der Waals surface area contributed by atoms with Gasteiger partial charge in [-0.3, -0.25) is 4.79 Å². The van der Waals surface area contributed by atoms with Crippen LogP contribution in [0.5, 0.6) is 0 Å². The number of nitrogens with zero attached hydrogens (tertiary/aromatic N) is 1. The Hall–Kier alpha value is -2.25. The number of carbonyl (C=O) groups is 2. The van der Waals surface area contributed by atoms with Gasteiger partial charge >= 0.3 is 18.2 Å². The SMILES string of the molecule is CN(Cc1ccccc1C(F)(F)F)C(=O)NCCC(=O)O. The first-order valence-electron chi connectivity index (χ1n) is 6.07. The van der Waals surface area contributed by atoms with Crippen molar-refractivity contribution in [2.24, 2.45) is 0 Å². The summed E-state index contributed by atoms with van der Waals surface area (Å²) in [6.07, 6.45) is -4.74. The first-order chi connectivity index (χ1) is 9.71. The molecule has 5 nitrogen and oxygen atoms in total. The second-order valence-corrected chi connectivity index (χ2v) is 4.39. The van der Waals surface area contributed by atoms with Crippen LogP contribution in [0.25, 0.3) is 0 Å². The first kappa shape index (κ1) is 16.8. The molecule has 0 unspecified atom stereocenters. The van der Waals surface area contributed by atoms with Crippen molar-refractivity contribution in [3.05, 3.63) is 35.4 Å². The lowest BCUT2D eigenvalue weighted by Crippen LogP contribution is -2.38. The molecule has 21 heavy (non-hydrogen) atoms. The minimum absolute atomic E-state index is 0.0270. The van der Waals surface area contributed by atoms with Crippen LogP contribution in [-0.4, -0.2) is 35.6 Å². The number of halogens is 3. The number of amides is 2. The molecule has 0 aromatic heterocycles. The Labute approximate surface area is 119 Å². The van der Waals surface area contributed by atoms with Gasteiger partial charge in [0.05, 0.1) is 12.0 Å². The van der Waals surface area contributed by atoms with Crippen molar-refractivity contribution in [1.29, 1.82) is 0 Å². The third-order valence-electron chi connectivity index (χ3n) is 2.69. The average molecular weight is 304 g/mol. The van der Waals surface area contributed by atoms with E-state index in [2.05, 4.69) is 5.32 Å². The van der Waals surface area contributed by atoms with Gasteiger partial charge < -0.3 is 15.3 Å². The Morgan fingerprint density at radius 1 is 1.29 bits per heavy atom. The predicted octanol–water partition coefficient (Wildman–Crippen LogP) is 2.32.